The molecule has 0 unspecified atom stereocenters. The minimum atomic E-state index is -1.73. The Hall–Kier alpha value is 0.210. The third-order valence-corrected chi connectivity index (χ3v) is 2.56. The zero-order chi connectivity index (χ0) is 8.36. The highest BCUT2D eigenvalue weighted by Crippen LogP contribution is 2.25. The first kappa shape index (κ1) is 10.2. The molecule has 0 aliphatic carbocycles. The normalized spacial score (nSPS) is 11.2. The first-order chi connectivity index (χ1) is 4.45. The van der Waals surface area contributed by atoms with Gasteiger partial charge in [-0.1, -0.05) is 18.5 Å². The quantitative estimate of drug-likeness (QED) is 0.399. The lowest BCUT2D eigenvalue weighted by Crippen LogP contribution is -2.34. The van der Waals surface area contributed by atoms with Crippen molar-refractivity contribution in [1.29, 1.82) is 0 Å². The maximum Gasteiger partial charge on any atom is 0.251 e. The van der Waals surface area contributed by atoms with E-state index in [0.29, 0.717) is 0 Å². The van der Waals surface area contributed by atoms with Crippen LogP contribution in [0.5, 0.6) is 0 Å². The van der Waals surface area contributed by atoms with Crippen LogP contribution in [-0.4, -0.2) is 15.4 Å². The lowest BCUT2D eigenvalue weighted by atomic mass is 10.1. The zero-order valence-electron chi connectivity index (χ0n) is 5.16. The zero-order valence-corrected chi connectivity index (χ0v) is 7.43. The molecule has 0 heterocycles. The summed E-state index contributed by atoms with van der Waals surface area (Å²) in [5.41, 5.74) is 0. The fraction of sp³-hybridized carbons (Fsp3) is 0.600. The lowest BCUT2D eigenvalue weighted by Gasteiger charge is -2.13. The van der Waals surface area contributed by atoms with Crippen LogP contribution in [0.25, 0.3) is 0 Å². The van der Waals surface area contributed by atoms with E-state index in [1.54, 1.807) is 6.92 Å². The summed E-state index contributed by atoms with van der Waals surface area (Å²) in [5.74, 6) is 0. The van der Waals surface area contributed by atoms with Gasteiger partial charge < -0.3 is 0 Å². The van der Waals surface area contributed by atoms with E-state index in [2.05, 4.69) is 0 Å². The molecule has 5 heteroatoms. The minimum absolute atomic E-state index is 0.0965. The molecule has 0 fully saturated rings. The summed E-state index contributed by atoms with van der Waals surface area (Å²) in [6.45, 7) is 1.55. The molecule has 0 aromatic heterocycles. The molecule has 0 radical (unpaired) electrons. The first-order valence-electron chi connectivity index (χ1n) is 2.54. The Bertz CT molecular complexity index is 152. The van der Waals surface area contributed by atoms with Crippen LogP contribution >= 0.6 is 34.8 Å². The van der Waals surface area contributed by atoms with Crippen LogP contribution in [0, 0.1) is 0 Å². The Balaban J connectivity index is 4.55. The molecule has 0 aliphatic heterocycles. The van der Waals surface area contributed by atoms with Gasteiger partial charge in [-0.05, 0) is 29.6 Å². The molecule has 0 aromatic carbocycles. The third kappa shape index (κ3) is 1.84. The molecule has 0 aromatic rings. The Morgan fingerprint density at radius 3 is 1.60 bits per heavy atom. The maximum atomic E-state index is 10.5. The Labute approximate surface area is 73.4 Å². The second kappa shape index (κ2) is 3.56. The van der Waals surface area contributed by atoms with Crippen molar-refractivity contribution in [3.8, 4) is 0 Å². The van der Waals surface area contributed by atoms with E-state index in [4.69, 9.17) is 34.8 Å². The van der Waals surface area contributed by atoms with Crippen LogP contribution in [0.2, 0.25) is 0 Å². The molecule has 0 saturated heterocycles. The highest BCUT2D eigenvalue weighted by molar-refractivity contribution is 6.83. The van der Waals surface area contributed by atoms with Crippen molar-refractivity contribution in [3.05, 3.63) is 0 Å². The van der Waals surface area contributed by atoms with Gasteiger partial charge in [0, 0.05) is 0 Å². The van der Waals surface area contributed by atoms with Gasteiger partial charge in [0.05, 0.1) is 0 Å². The van der Waals surface area contributed by atoms with Crippen molar-refractivity contribution >= 4 is 45.3 Å². The topological polar surface area (TPSA) is 34.1 Å². The molecule has 0 bridgehead atoms. The number of carbonyl (C=O) groups excluding carboxylic acids is 2. The molecule has 0 N–H and O–H groups in total. The van der Waals surface area contributed by atoms with E-state index in [1.165, 1.54) is 0 Å². The van der Waals surface area contributed by atoms with E-state index in [9.17, 15) is 9.59 Å². The fourth-order valence-corrected chi connectivity index (χ4v) is 0.843. The van der Waals surface area contributed by atoms with E-state index in [1.807, 2.05) is 0 Å². The van der Waals surface area contributed by atoms with Crippen LogP contribution < -0.4 is 0 Å². The lowest BCUT2D eigenvalue weighted by molar-refractivity contribution is -0.122. The smallest absolute Gasteiger partial charge is 0.251 e. The summed E-state index contributed by atoms with van der Waals surface area (Å²) in [6.07, 6.45) is 0.0965. The highest BCUT2D eigenvalue weighted by atomic mass is 35.5. The van der Waals surface area contributed by atoms with E-state index in [0.717, 1.165) is 0 Å². The van der Waals surface area contributed by atoms with Crippen molar-refractivity contribution in [1.82, 2.24) is 0 Å². The average Bonchev–Trinajstić information content (AvgIpc) is 1.85. The van der Waals surface area contributed by atoms with Crippen molar-refractivity contribution in [2.45, 2.75) is 18.2 Å². The summed E-state index contributed by atoms with van der Waals surface area (Å²) >= 11 is 15.4. The molecule has 0 amide bonds. The van der Waals surface area contributed by atoms with Gasteiger partial charge in [-0.2, -0.15) is 0 Å². The molecular formula is C5H5Cl3O2. The number of hydrogen-bond acceptors (Lipinski definition) is 2. The number of carbonyl (C=O) groups is 2. The van der Waals surface area contributed by atoms with Crippen molar-refractivity contribution in [3.63, 3.8) is 0 Å². The molecule has 0 spiro atoms. The maximum absolute atomic E-state index is 10.5. The van der Waals surface area contributed by atoms with Gasteiger partial charge in [0.2, 0.25) is 0 Å². The van der Waals surface area contributed by atoms with Gasteiger partial charge >= 0.3 is 0 Å². The summed E-state index contributed by atoms with van der Waals surface area (Å²) in [6, 6.07) is 0. The van der Waals surface area contributed by atoms with Gasteiger partial charge in [-0.3, -0.25) is 9.59 Å². The minimum Gasteiger partial charge on any atom is -0.279 e. The van der Waals surface area contributed by atoms with Gasteiger partial charge in [0.25, 0.3) is 10.5 Å². The average molecular weight is 203 g/mol. The predicted molar refractivity (Wildman–Crippen MR) is 40.6 cm³/mol. The van der Waals surface area contributed by atoms with Crippen LogP contribution in [-0.2, 0) is 9.59 Å². The molecule has 2 nitrogen and oxygen atoms in total. The Morgan fingerprint density at radius 1 is 1.30 bits per heavy atom. The number of alkyl halides is 1. The number of halogens is 3. The number of rotatable bonds is 3. The second-order valence-electron chi connectivity index (χ2n) is 1.70. The summed E-state index contributed by atoms with van der Waals surface area (Å²) in [5, 5.41) is -1.87. The first-order valence-corrected chi connectivity index (χ1v) is 3.67. The van der Waals surface area contributed by atoms with Gasteiger partial charge in [-0.15, -0.1) is 0 Å². The monoisotopic (exact) mass is 202 g/mol. The fourth-order valence-electron chi connectivity index (χ4n) is 0.355. The highest BCUT2D eigenvalue weighted by Gasteiger charge is 2.39. The molecule has 0 atom stereocenters. The molecule has 58 valence electrons. The van der Waals surface area contributed by atoms with Crippen molar-refractivity contribution < 1.29 is 9.59 Å². The SMILES string of the molecule is CCC(Cl)(C(=O)Cl)C(=O)Cl. The second-order valence-corrected chi connectivity index (χ2v) is 3.03. The van der Waals surface area contributed by atoms with E-state index in [-0.39, 0.29) is 6.42 Å². The number of hydrogen-bond donors (Lipinski definition) is 0. The molecular weight excluding hydrogens is 198 g/mol. The van der Waals surface area contributed by atoms with Crippen molar-refractivity contribution in [2.75, 3.05) is 0 Å². The van der Waals surface area contributed by atoms with Gasteiger partial charge in [0.15, 0.2) is 4.87 Å². The molecule has 0 aliphatic rings. The van der Waals surface area contributed by atoms with Crippen LogP contribution in [0.3, 0.4) is 0 Å². The summed E-state index contributed by atoms with van der Waals surface area (Å²) in [7, 11) is 0. The van der Waals surface area contributed by atoms with Crippen LogP contribution in [0.1, 0.15) is 13.3 Å². The third-order valence-electron chi connectivity index (χ3n) is 1.11. The molecule has 0 saturated carbocycles. The Kier molecular flexibility index (Phi) is 3.63. The van der Waals surface area contributed by atoms with E-state index >= 15 is 0 Å². The van der Waals surface area contributed by atoms with Crippen molar-refractivity contribution in [2.24, 2.45) is 0 Å². The summed E-state index contributed by atoms with van der Waals surface area (Å²) < 4.78 is 0. The van der Waals surface area contributed by atoms with Crippen LogP contribution in [0.4, 0.5) is 0 Å². The van der Waals surface area contributed by atoms with Gasteiger partial charge in [-0.25, -0.2) is 0 Å². The van der Waals surface area contributed by atoms with Gasteiger partial charge in [0.1, 0.15) is 0 Å². The summed E-state index contributed by atoms with van der Waals surface area (Å²) in [4.78, 5) is 19.2. The van der Waals surface area contributed by atoms with Crippen LogP contribution in [0.15, 0.2) is 0 Å². The largest absolute Gasteiger partial charge is 0.279 e. The predicted octanol–water partition coefficient (Wildman–Crippen LogP) is 1.90. The Morgan fingerprint density at radius 2 is 1.60 bits per heavy atom. The van der Waals surface area contributed by atoms with E-state index < -0.39 is 15.4 Å². The standard InChI is InChI=1S/C5H5Cl3O2/c1-2-5(8,3(6)9)4(7)10/h2H2,1H3. The molecule has 0 rings (SSSR count). The molecule has 10 heavy (non-hydrogen) atoms.